The lowest BCUT2D eigenvalue weighted by Crippen LogP contribution is -2.10. The van der Waals surface area contributed by atoms with E-state index >= 15 is 0 Å². The van der Waals surface area contributed by atoms with Gasteiger partial charge in [-0.05, 0) is 43.2 Å². The molecule has 0 unspecified atom stereocenters. The van der Waals surface area contributed by atoms with Crippen LogP contribution in [0.3, 0.4) is 0 Å². The van der Waals surface area contributed by atoms with Gasteiger partial charge in [0, 0.05) is 4.88 Å². The fraction of sp³-hybridized carbons (Fsp3) is 0.167. The Kier molecular flexibility index (Phi) is 4.42. The van der Waals surface area contributed by atoms with E-state index in [9.17, 15) is 23.2 Å². The Labute approximate surface area is 150 Å². The number of allylic oxidation sites excluding steroid dienone is 1. The van der Waals surface area contributed by atoms with E-state index < -0.39 is 11.7 Å². The Morgan fingerprint density at radius 2 is 1.92 bits per heavy atom. The predicted molar refractivity (Wildman–Crippen MR) is 94.6 cm³/mol. The minimum absolute atomic E-state index is 0.0625. The molecule has 0 saturated heterocycles. The van der Waals surface area contributed by atoms with E-state index in [0.717, 1.165) is 22.6 Å². The molecule has 8 heteroatoms. The number of rotatable bonds is 2. The number of hydrogen-bond donors (Lipinski definition) is 1. The maximum absolute atomic E-state index is 12.6. The third kappa shape index (κ3) is 3.26. The second-order valence-electron chi connectivity index (χ2n) is 5.67. The fourth-order valence-electron chi connectivity index (χ4n) is 2.47. The summed E-state index contributed by atoms with van der Waals surface area (Å²) < 4.78 is 37.9. The van der Waals surface area contributed by atoms with Crippen molar-refractivity contribution in [3.8, 4) is 6.07 Å². The minimum Gasteiger partial charge on any atom is -0.305 e. The van der Waals surface area contributed by atoms with Gasteiger partial charge in [-0.1, -0.05) is 12.1 Å². The van der Waals surface area contributed by atoms with E-state index in [4.69, 9.17) is 0 Å². The molecule has 0 fully saturated rings. The number of halogens is 3. The van der Waals surface area contributed by atoms with Gasteiger partial charge in [-0.2, -0.15) is 18.4 Å². The van der Waals surface area contributed by atoms with Gasteiger partial charge >= 0.3 is 6.18 Å². The second kappa shape index (κ2) is 6.42. The van der Waals surface area contributed by atoms with Crippen LogP contribution >= 0.6 is 11.3 Å². The van der Waals surface area contributed by atoms with Gasteiger partial charge in [-0.25, -0.2) is 4.98 Å². The van der Waals surface area contributed by atoms with Crippen LogP contribution < -0.4 is 5.56 Å². The molecule has 2 heterocycles. The van der Waals surface area contributed by atoms with E-state index in [-0.39, 0.29) is 17.0 Å². The Balaban J connectivity index is 2.06. The summed E-state index contributed by atoms with van der Waals surface area (Å²) in [6.07, 6.45) is -3.04. The lowest BCUT2D eigenvalue weighted by Gasteiger charge is -2.06. The minimum atomic E-state index is -4.42. The zero-order valence-corrected chi connectivity index (χ0v) is 14.5. The standard InChI is InChI=1S/C18H12F3N3OS/c1-9-10(2)26-17-14(9)16(25)23-15(24-17)12(8-22)7-11-3-5-13(6-4-11)18(19,20)21/h3-7H,1-2H3,(H,23,24,25)/b12-7-. The number of nitrogens with zero attached hydrogens (tertiary/aromatic N) is 2. The first-order chi connectivity index (χ1) is 12.2. The maximum atomic E-state index is 12.6. The molecule has 26 heavy (non-hydrogen) atoms. The number of H-pyrrole nitrogens is 1. The largest absolute Gasteiger partial charge is 0.416 e. The molecule has 0 aliphatic carbocycles. The molecule has 0 aliphatic heterocycles. The highest BCUT2D eigenvalue weighted by molar-refractivity contribution is 7.18. The summed E-state index contributed by atoms with van der Waals surface area (Å²) in [5.74, 6) is 0.0890. The zero-order valence-electron chi connectivity index (χ0n) is 13.7. The molecule has 0 spiro atoms. The smallest absolute Gasteiger partial charge is 0.305 e. The number of nitrogens with one attached hydrogen (secondary N) is 1. The fourth-order valence-corrected chi connectivity index (χ4v) is 3.50. The van der Waals surface area contributed by atoms with Crippen molar-refractivity contribution in [1.82, 2.24) is 9.97 Å². The zero-order chi connectivity index (χ0) is 19.1. The van der Waals surface area contributed by atoms with Gasteiger partial charge in [0.15, 0.2) is 5.82 Å². The van der Waals surface area contributed by atoms with Gasteiger partial charge in [-0.3, -0.25) is 4.79 Å². The van der Waals surface area contributed by atoms with Crippen LogP contribution in [0.25, 0.3) is 21.9 Å². The molecule has 3 rings (SSSR count). The first-order valence-electron chi connectivity index (χ1n) is 7.50. The molecule has 4 nitrogen and oxygen atoms in total. The molecule has 0 saturated carbocycles. The average molecular weight is 375 g/mol. The molecule has 0 bridgehead atoms. The predicted octanol–water partition coefficient (Wildman–Crippen LogP) is 4.68. The molecular formula is C18H12F3N3OS. The number of benzene rings is 1. The quantitative estimate of drug-likeness (QED) is 0.661. The van der Waals surface area contributed by atoms with Crippen molar-refractivity contribution in [2.75, 3.05) is 0 Å². The second-order valence-corrected chi connectivity index (χ2v) is 6.87. The Morgan fingerprint density at radius 3 is 2.50 bits per heavy atom. The lowest BCUT2D eigenvalue weighted by molar-refractivity contribution is -0.137. The van der Waals surface area contributed by atoms with E-state index in [1.807, 2.05) is 19.9 Å². The van der Waals surface area contributed by atoms with Crippen molar-refractivity contribution in [2.24, 2.45) is 0 Å². The first kappa shape index (κ1) is 17.9. The molecule has 1 aromatic carbocycles. The number of nitriles is 1. The van der Waals surface area contributed by atoms with Crippen molar-refractivity contribution < 1.29 is 13.2 Å². The van der Waals surface area contributed by atoms with Gasteiger partial charge in [0.1, 0.15) is 10.9 Å². The van der Waals surface area contributed by atoms with Gasteiger partial charge in [0.05, 0.1) is 16.5 Å². The van der Waals surface area contributed by atoms with Gasteiger partial charge in [0.25, 0.3) is 5.56 Å². The normalized spacial score (nSPS) is 12.4. The SMILES string of the molecule is Cc1sc2nc(/C(C#N)=C\c3ccc(C(F)(F)F)cc3)[nH]c(=O)c2c1C. The molecular weight excluding hydrogens is 363 g/mol. The first-order valence-corrected chi connectivity index (χ1v) is 8.32. The highest BCUT2D eigenvalue weighted by atomic mass is 32.1. The summed E-state index contributed by atoms with van der Waals surface area (Å²) in [5.41, 5.74) is 0.185. The third-order valence-corrected chi connectivity index (χ3v) is 5.06. The van der Waals surface area contributed by atoms with Crippen LogP contribution in [0.1, 0.15) is 27.4 Å². The van der Waals surface area contributed by atoms with Crippen molar-refractivity contribution in [3.63, 3.8) is 0 Å². The number of thiophene rings is 1. The summed E-state index contributed by atoms with van der Waals surface area (Å²) >= 11 is 1.35. The summed E-state index contributed by atoms with van der Waals surface area (Å²) in [4.78, 5) is 20.7. The van der Waals surface area contributed by atoms with Crippen LogP contribution in [-0.2, 0) is 6.18 Å². The number of hydrogen-bond acceptors (Lipinski definition) is 4. The van der Waals surface area contributed by atoms with E-state index in [1.54, 1.807) is 0 Å². The van der Waals surface area contributed by atoms with Crippen LogP contribution in [0.4, 0.5) is 13.2 Å². The van der Waals surface area contributed by atoms with Crippen molar-refractivity contribution in [1.29, 1.82) is 5.26 Å². The summed E-state index contributed by atoms with van der Waals surface area (Å²) in [5, 5.41) is 9.88. The molecule has 0 amide bonds. The molecule has 3 aromatic rings. The molecule has 2 aromatic heterocycles. The molecule has 132 valence electrons. The summed E-state index contributed by atoms with van der Waals surface area (Å²) in [6.45, 7) is 3.71. The lowest BCUT2D eigenvalue weighted by atomic mass is 10.1. The Morgan fingerprint density at radius 1 is 1.27 bits per heavy atom. The molecule has 0 atom stereocenters. The third-order valence-electron chi connectivity index (χ3n) is 3.96. The van der Waals surface area contributed by atoms with E-state index in [0.29, 0.717) is 15.8 Å². The van der Waals surface area contributed by atoms with Crippen molar-refractivity contribution in [3.05, 3.63) is 62.0 Å². The van der Waals surface area contributed by atoms with Crippen LogP contribution in [-0.4, -0.2) is 9.97 Å². The van der Waals surface area contributed by atoms with E-state index in [2.05, 4.69) is 9.97 Å². The van der Waals surface area contributed by atoms with Crippen LogP contribution in [0.5, 0.6) is 0 Å². The van der Waals surface area contributed by atoms with Crippen molar-refractivity contribution >= 4 is 33.2 Å². The highest BCUT2D eigenvalue weighted by Gasteiger charge is 2.29. The number of alkyl halides is 3. The number of aromatic amines is 1. The van der Waals surface area contributed by atoms with Gasteiger partial charge < -0.3 is 4.98 Å². The van der Waals surface area contributed by atoms with E-state index in [1.165, 1.54) is 29.5 Å². The maximum Gasteiger partial charge on any atom is 0.416 e. The molecule has 0 aliphatic rings. The topological polar surface area (TPSA) is 69.5 Å². The van der Waals surface area contributed by atoms with Gasteiger partial charge in [-0.15, -0.1) is 11.3 Å². The van der Waals surface area contributed by atoms with Crippen LogP contribution in [0, 0.1) is 25.2 Å². The van der Waals surface area contributed by atoms with Crippen molar-refractivity contribution in [2.45, 2.75) is 20.0 Å². The highest BCUT2D eigenvalue weighted by Crippen LogP contribution is 2.30. The molecule has 0 radical (unpaired) electrons. The monoisotopic (exact) mass is 375 g/mol. The summed E-state index contributed by atoms with van der Waals surface area (Å²) in [6, 6.07) is 6.33. The van der Waals surface area contributed by atoms with Crippen LogP contribution in [0.15, 0.2) is 29.1 Å². The van der Waals surface area contributed by atoms with Crippen LogP contribution in [0.2, 0.25) is 0 Å². The Hall–Kier alpha value is -2.92. The Bertz CT molecular complexity index is 1120. The number of aromatic nitrogens is 2. The number of aryl methyl sites for hydroxylation is 2. The number of fused-ring (bicyclic) bond motifs is 1. The average Bonchev–Trinajstić information content (AvgIpc) is 2.87. The summed E-state index contributed by atoms with van der Waals surface area (Å²) in [7, 11) is 0. The van der Waals surface area contributed by atoms with Gasteiger partial charge in [0.2, 0.25) is 0 Å². The molecule has 1 N–H and O–H groups in total.